The number of ether oxygens (including phenoxy) is 1. The van der Waals surface area contributed by atoms with Crippen molar-refractivity contribution in [3.8, 4) is 0 Å². The van der Waals surface area contributed by atoms with Gasteiger partial charge in [-0.1, -0.05) is 41.4 Å². The molecule has 0 atom stereocenters. The van der Waals surface area contributed by atoms with Crippen molar-refractivity contribution < 1.29 is 17.9 Å². The lowest BCUT2D eigenvalue weighted by Crippen LogP contribution is -2.38. The van der Waals surface area contributed by atoms with Crippen LogP contribution in [0.1, 0.15) is 26.3 Å². The van der Waals surface area contributed by atoms with Crippen LogP contribution in [0.15, 0.2) is 58.5 Å². The number of hydrogen-bond acceptors (Lipinski definition) is 6. The Morgan fingerprint density at radius 3 is 2.46 bits per heavy atom. The lowest BCUT2D eigenvalue weighted by atomic mass is 10.1. The van der Waals surface area contributed by atoms with Crippen LogP contribution in [0.25, 0.3) is 10.8 Å². The number of fused-ring (bicyclic) bond motifs is 1. The number of carbonyl (C=O) groups is 1. The third-order valence-corrected chi connectivity index (χ3v) is 6.96. The van der Waals surface area contributed by atoms with Gasteiger partial charge in [0.2, 0.25) is 10.0 Å². The minimum Gasteiger partial charge on any atom is -0.459 e. The van der Waals surface area contributed by atoms with E-state index in [-0.39, 0.29) is 23.2 Å². The molecule has 3 aromatic rings. The second-order valence-electron chi connectivity index (χ2n) is 8.66. The van der Waals surface area contributed by atoms with Crippen LogP contribution in [-0.2, 0) is 26.1 Å². The fourth-order valence-electron chi connectivity index (χ4n) is 3.28. The van der Waals surface area contributed by atoms with Crippen molar-refractivity contribution in [3.05, 3.63) is 64.3 Å². The summed E-state index contributed by atoms with van der Waals surface area (Å²) in [6.45, 7) is 4.47. The summed E-state index contributed by atoms with van der Waals surface area (Å²) < 4.78 is 33.8. The number of rotatable bonds is 7. The highest BCUT2D eigenvalue weighted by Gasteiger charge is 2.30. The van der Waals surface area contributed by atoms with Gasteiger partial charge in [0.15, 0.2) is 11.8 Å². The van der Waals surface area contributed by atoms with Crippen LogP contribution < -0.4 is 11.5 Å². The SMILES string of the molecule is CC(C)(C)OC(=O)CN(Cc1cccc(Cl)c1)S(=O)(=O)c1ccc2c(Cl)cnc(N=C(N)N)c2c1. The molecule has 12 heteroatoms. The molecule has 0 amide bonds. The molecule has 1 aromatic heterocycles. The standard InChI is InChI=1S/C23H25Cl2N5O4S/c1-23(2,3)34-20(31)13-30(12-14-5-4-6-15(24)9-14)35(32,33)16-7-8-17-18(10-16)21(29-22(26)27)28-11-19(17)25/h4-11H,12-13H2,1-3H3,(H4,26,27,28,29). The Kier molecular flexibility index (Phi) is 7.90. The molecule has 0 radical (unpaired) electrons. The number of nitrogens with two attached hydrogens (primary N) is 2. The molecule has 0 aliphatic carbocycles. The molecular formula is C23H25Cl2N5O4S. The van der Waals surface area contributed by atoms with Crippen LogP contribution in [0.3, 0.4) is 0 Å². The first-order valence-electron chi connectivity index (χ1n) is 10.4. The molecule has 2 aromatic carbocycles. The second kappa shape index (κ2) is 10.4. The van der Waals surface area contributed by atoms with Crippen LogP contribution in [-0.4, -0.2) is 41.8 Å². The zero-order chi connectivity index (χ0) is 26.0. The summed E-state index contributed by atoms with van der Waals surface area (Å²) in [6, 6.07) is 11.0. The Balaban J connectivity index is 2.10. The maximum Gasteiger partial charge on any atom is 0.321 e. The number of esters is 1. The molecule has 0 aliphatic rings. The molecule has 186 valence electrons. The van der Waals surface area contributed by atoms with E-state index >= 15 is 0 Å². The van der Waals surface area contributed by atoms with Crippen molar-refractivity contribution in [2.45, 2.75) is 37.8 Å². The summed E-state index contributed by atoms with van der Waals surface area (Å²) in [5.41, 5.74) is 10.8. The van der Waals surface area contributed by atoms with E-state index in [9.17, 15) is 13.2 Å². The number of aliphatic imine (C=N–C) groups is 1. The molecule has 0 bridgehead atoms. The minimum atomic E-state index is -4.20. The van der Waals surface area contributed by atoms with Crippen molar-refractivity contribution in [1.29, 1.82) is 0 Å². The van der Waals surface area contributed by atoms with Gasteiger partial charge in [-0.3, -0.25) is 4.79 Å². The summed E-state index contributed by atoms with van der Waals surface area (Å²) >= 11 is 12.3. The number of nitrogens with zero attached hydrogens (tertiary/aromatic N) is 3. The quantitative estimate of drug-likeness (QED) is 0.263. The van der Waals surface area contributed by atoms with E-state index in [1.807, 2.05) is 0 Å². The highest BCUT2D eigenvalue weighted by Crippen LogP contribution is 2.32. The first kappa shape index (κ1) is 26.7. The van der Waals surface area contributed by atoms with Gasteiger partial charge in [-0.05, 0) is 50.6 Å². The van der Waals surface area contributed by atoms with Gasteiger partial charge in [0, 0.05) is 28.5 Å². The van der Waals surface area contributed by atoms with E-state index in [0.29, 0.717) is 26.4 Å². The first-order valence-corrected chi connectivity index (χ1v) is 12.6. The number of halogens is 2. The lowest BCUT2D eigenvalue weighted by Gasteiger charge is -2.25. The van der Waals surface area contributed by atoms with E-state index in [2.05, 4.69) is 9.98 Å². The highest BCUT2D eigenvalue weighted by molar-refractivity contribution is 7.89. The predicted molar refractivity (Wildman–Crippen MR) is 137 cm³/mol. The maximum atomic E-state index is 13.7. The van der Waals surface area contributed by atoms with E-state index in [1.165, 1.54) is 24.4 Å². The molecule has 1 heterocycles. The normalized spacial score (nSPS) is 12.1. The Morgan fingerprint density at radius 2 is 1.83 bits per heavy atom. The Morgan fingerprint density at radius 1 is 1.11 bits per heavy atom. The topological polar surface area (TPSA) is 141 Å². The molecule has 0 aliphatic heterocycles. The summed E-state index contributed by atoms with van der Waals surface area (Å²) in [7, 11) is -4.20. The van der Waals surface area contributed by atoms with Gasteiger partial charge in [0.1, 0.15) is 12.1 Å². The van der Waals surface area contributed by atoms with Gasteiger partial charge in [-0.25, -0.2) is 13.4 Å². The summed E-state index contributed by atoms with van der Waals surface area (Å²) in [4.78, 5) is 20.6. The summed E-state index contributed by atoms with van der Waals surface area (Å²) in [5, 5.41) is 1.56. The van der Waals surface area contributed by atoms with E-state index < -0.39 is 28.1 Å². The minimum absolute atomic E-state index is 0.105. The van der Waals surface area contributed by atoms with Gasteiger partial charge < -0.3 is 16.2 Å². The van der Waals surface area contributed by atoms with E-state index in [4.69, 9.17) is 39.4 Å². The third kappa shape index (κ3) is 6.82. The number of sulfonamides is 1. The van der Waals surface area contributed by atoms with E-state index in [0.717, 1.165) is 4.31 Å². The predicted octanol–water partition coefficient (Wildman–Crippen LogP) is 3.98. The van der Waals surface area contributed by atoms with Gasteiger partial charge in [0.05, 0.1) is 9.92 Å². The number of pyridine rings is 1. The monoisotopic (exact) mass is 537 g/mol. The number of aromatic nitrogens is 1. The molecule has 9 nitrogen and oxygen atoms in total. The average molecular weight is 538 g/mol. The average Bonchev–Trinajstić information content (AvgIpc) is 2.73. The number of carbonyl (C=O) groups excluding carboxylic acids is 1. The molecule has 0 saturated carbocycles. The molecule has 0 spiro atoms. The zero-order valence-corrected chi connectivity index (χ0v) is 21.7. The fourth-order valence-corrected chi connectivity index (χ4v) is 5.10. The van der Waals surface area contributed by atoms with Crippen molar-refractivity contribution in [3.63, 3.8) is 0 Å². The highest BCUT2D eigenvalue weighted by atomic mass is 35.5. The van der Waals surface area contributed by atoms with Crippen LogP contribution in [0, 0.1) is 0 Å². The number of guanidine groups is 1. The molecule has 3 rings (SSSR count). The van der Waals surface area contributed by atoms with Crippen molar-refractivity contribution in [1.82, 2.24) is 9.29 Å². The smallest absolute Gasteiger partial charge is 0.321 e. The van der Waals surface area contributed by atoms with Crippen molar-refractivity contribution in [2.75, 3.05) is 6.54 Å². The Labute approximate surface area is 213 Å². The Bertz CT molecular complexity index is 1400. The number of hydrogen-bond donors (Lipinski definition) is 2. The molecule has 35 heavy (non-hydrogen) atoms. The van der Waals surface area contributed by atoms with Crippen LogP contribution in [0.2, 0.25) is 10.0 Å². The van der Waals surface area contributed by atoms with Crippen LogP contribution in [0.4, 0.5) is 5.82 Å². The van der Waals surface area contributed by atoms with Crippen molar-refractivity contribution in [2.24, 2.45) is 16.5 Å². The van der Waals surface area contributed by atoms with Gasteiger partial charge in [-0.15, -0.1) is 0 Å². The number of benzene rings is 2. The third-order valence-electron chi connectivity index (χ3n) is 4.64. The lowest BCUT2D eigenvalue weighted by molar-refractivity contribution is -0.155. The zero-order valence-electron chi connectivity index (χ0n) is 19.3. The van der Waals surface area contributed by atoms with Crippen LogP contribution >= 0.6 is 23.2 Å². The molecule has 0 unspecified atom stereocenters. The Hall–Kier alpha value is -2.92. The van der Waals surface area contributed by atoms with Gasteiger partial charge >= 0.3 is 5.97 Å². The van der Waals surface area contributed by atoms with Gasteiger partial charge in [0.25, 0.3) is 0 Å². The first-order chi connectivity index (χ1) is 16.3. The summed E-state index contributed by atoms with van der Waals surface area (Å²) in [5.74, 6) is -0.841. The second-order valence-corrected chi connectivity index (χ2v) is 11.4. The van der Waals surface area contributed by atoms with Gasteiger partial charge in [-0.2, -0.15) is 9.30 Å². The molecular weight excluding hydrogens is 513 g/mol. The summed E-state index contributed by atoms with van der Waals surface area (Å²) in [6.07, 6.45) is 1.37. The van der Waals surface area contributed by atoms with E-state index in [1.54, 1.807) is 45.0 Å². The molecule has 4 N–H and O–H groups in total. The maximum absolute atomic E-state index is 13.7. The molecule has 0 saturated heterocycles. The van der Waals surface area contributed by atoms with Crippen molar-refractivity contribution >= 4 is 61.7 Å². The fraction of sp³-hybridized carbons (Fsp3) is 0.261. The van der Waals surface area contributed by atoms with Crippen LogP contribution in [0.5, 0.6) is 0 Å². The largest absolute Gasteiger partial charge is 0.459 e. The molecule has 0 fully saturated rings.